The third-order valence-corrected chi connectivity index (χ3v) is 8.78. The van der Waals surface area contributed by atoms with Crippen molar-refractivity contribution in [2.24, 2.45) is 0 Å². The lowest BCUT2D eigenvalue weighted by Crippen LogP contribution is -2.29. The van der Waals surface area contributed by atoms with Crippen LogP contribution < -0.4 is 0 Å². The molecule has 1 rings (SSSR count). The SMILES string of the molecule is CC(C)[Si](C)(C)C1CC1. The van der Waals surface area contributed by atoms with Crippen molar-refractivity contribution in [1.29, 1.82) is 0 Å². The van der Waals surface area contributed by atoms with E-state index in [0.29, 0.717) is 0 Å². The van der Waals surface area contributed by atoms with Crippen molar-refractivity contribution in [2.45, 2.75) is 50.9 Å². The molecule has 0 aromatic heterocycles. The van der Waals surface area contributed by atoms with Gasteiger partial charge < -0.3 is 0 Å². The summed E-state index contributed by atoms with van der Waals surface area (Å²) in [5, 5.41) is 0. The third kappa shape index (κ3) is 1.37. The standard InChI is InChI=1S/C8H18Si/c1-7(2)9(3,4)8-5-6-8/h7-8H,5-6H2,1-4H3. The Morgan fingerprint density at radius 2 is 1.67 bits per heavy atom. The van der Waals surface area contributed by atoms with Crippen LogP contribution in [0.3, 0.4) is 0 Å². The summed E-state index contributed by atoms with van der Waals surface area (Å²) in [7, 11) is -0.747. The van der Waals surface area contributed by atoms with E-state index >= 15 is 0 Å². The summed E-state index contributed by atoms with van der Waals surface area (Å²) >= 11 is 0. The molecular formula is C8H18Si. The molecule has 1 aliphatic carbocycles. The van der Waals surface area contributed by atoms with E-state index in [4.69, 9.17) is 0 Å². The molecule has 0 aliphatic heterocycles. The first-order chi connectivity index (χ1) is 4.05. The second kappa shape index (κ2) is 2.12. The van der Waals surface area contributed by atoms with E-state index in [0.717, 1.165) is 5.54 Å². The van der Waals surface area contributed by atoms with Crippen LogP contribution in [-0.4, -0.2) is 8.07 Å². The Morgan fingerprint density at radius 1 is 1.22 bits per heavy atom. The maximum atomic E-state index is 2.54. The van der Waals surface area contributed by atoms with Gasteiger partial charge in [0.15, 0.2) is 0 Å². The minimum absolute atomic E-state index is 0.747. The molecule has 0 aromatic rings. The molecule has 0 heterocycles. The molecule has 1 fully saturated rings. The highest BCUT2D eigenvalue weighted by molar-refractivity contribution is 6.80. The summed E-state index contributed by atoms with van der Waals surface area (Å²) in [5.74, 6) is 0. The predicted octanol–water partition coefficient (Wildman–Crippen LogP) is 3.27. The van der Waals surface area contributed by atoms with E-state index in [9.17, 15) is 0 Å². The topological polar surface area (TPSA) is 0 Å². The zero-order valence-corrected chi connectivity index (χ0v) is 8.07. The zero-order chi connectivity index (χ0) is 7.07. The number of rotatable bonds is 2. The van der Waals surface area contributed by atoms with E-state index in [1.54, 1.807) is 0 Å². The van der Waals surface area contributed by atoms with Gasteiger partial charge in [-0.05, 0) is 5.54 Å². The Kier molecular flexibility index (Phi) is 1.72. The van der Waals surface area contributed by atoms with Crippen molar-refractivity contribution in [3.63, 3.8) is 0 Å². The van der Waals surface area contributed by atoms with Crippen LogP contribution in [0.1, 0.15) is 26.7 Å². The lowest BCUT2D eigenvalue weighted by Gasteiger charge is -2.26. The van der Waals surface area contributed by atoms with E-state index in [1.165, 1.54) is 18.4 Å². The normalized spacial score (nSPS) is 21.0. The minimum atomic E-state index is -0.747. The fourth-order valence-electron chi connectivity index (χ4n) is 1.30. The highest BCUT2D eigenvalue weighted by atomic mass is 28.3. The average Bonchev–Trinajstić information content (AvgIpc) is 2.42. The van der Waals surface area contributed by atoms with E-state index < -0.39 is 8.07 Å². The van der Waals surface area contributed by atoms with Gasteiger partial charge in [-0.2, -0.15) is 0 Å². The molecule has 1 saturated carbocycles. The molecule has 54 valence electrons. The van der Waals surface area contributed by atoms with Crippen molar-refractivity contribution in [1.82, 2.24) is 0 Å². The van der Waals surface area contributed by atoms with Gasteiger partial charge in [0.2, 0.25) is 0 Å². The van der Waals surface area contributed by atoms with Crippen LogP contribution in [0, 0.1) is 0 Å². The molecule has 0 unspecified atom stereocenters. The van der Waals surface area contributed by atoms with Crippen LogP contribution in [-0.2, 0) is 0 Å². The molecule has 0 atom stereocenters. The molecule has 0 spiro atoms. The highest BCUT2D eigenvalue weighted by Crippen LogP contribution is 2.49. The van der Waals surface area contributed by atoms with Crippen LogP contribution in [0.4, 0.5) is 0 Å². The molecule has 1 heteroatoms. The van der Waals surface area contributed by atoms with Crippen LogP contribution >= 0.6 is 0 Å². The number of hydrogen-bond acceptors (Lipinski definition) is 0. The van der Waals surface area contributed by atoms with Gasteiger partial charge >= 0.3 is 0 Å². The molecule has 0 saturated heterocycles. The Labute approximate surface area is 59.7 Å². The minimum Gasteiger partial charge on any atom is -0.0690 e. The fourth-order valence-corrected chi connectivity index (χ4v) is 3.90. The van der Waals surface area contributed by atoms with Crippen LogP contribution in [0.15, 0.2) is 0 Å². The van der Waals surface area contributed by atoms with Gasteiger partial charge in [0, 0.05) is 0 Å². The second-order valence-electron chi connectivity index (χ2n) is 4.25. The molecule has 0 nitrogen and oxygen atoms in total. The Balaban J connectivity index is 2.48. The quantitative estimate of drug-likeness (QED) is 0.519. The predicted molar refractivity (Wildman–Crippen MR) is 45.6 cm³/mol. The summed E-state index contributed by atoms with van der Waals surface area (Å²) in [5.41, 5.74) is 2.17. The first kappa shape index (κ1) is 7.33. The van der Waals surface area contributed by atoms with E-state index in [-0.39, 0.29) is 0 Å². The van der Waals surface area contributed by atoms with Crippen molar-refractivity contribution in [2.75, 3.05) is 0 Å². The molecule has 0 N–H and O–H groups in total. The van der Waals surface area contributed by atoms with Gasteiger partial charge in [0.05, 0.1) is 8.07 Å². The smallest absolute Gasteiger partial charge is 0.0530 e. The molecular weight excluding hydrogens is 124 g/mol. The fraction of sp³-hybridized carbons (Fsp3) is 1.00. The maximum Gasteiger partial charge on any atom is 0.0530 e. The van der Waals surface area contributed by atoms with Crippen molar-refractivity contribution in [3.05, 3.63) is 0 Å². The lowest BCUT2D eigenvalue weighted by molar-refractivity contribution is 0.982. The van der Waals surface area contributed by atoms with Gasteiger partial charge in [0.1, 0.15) is 0 Å². The Hall–Kier alpha value is 0.217. The van der Waals surface area contributed by atoms with Crippen LogP contribution in [0.5, 0.6) is 0 Å². The first-order valence-electron chi connectivity index (χ1n) is 4.05. The molecule has 9 heavy (non-hydrogen) atoms. The zero-order valence-electron chi connectivity index (χ0n) is 7.07. The average molecular weight is 142 g/mol. The Bertz CT molecular complexity index is 97.1. The maximum absolute atomic E-state index is 2.54. The first-order valence-corrected chi connectivity index (χ1v) is 7.20. The van der Waals surface area contributed by atoms with Gasteiger partial charge in [-0.1, -0.05) is 45.3 Å². The summed E-state index contributed by atoms with van der Waals surface area (Å²) in [6.45, 7) is 9.86. The molecule has 0 bridgehead atoms. The summed E-state index contributed by atoms with van der Waals surface area (Å²) < 4.78 is 0. The van der Waals surface area contributed by atoms with Crippen LogP contribution in [0.2, 0.25) is 24.2 Å². The summed E-state index contributed by atoms with van der Waals surface area (Å²) in [6.07, 6.45) is 3.08. The molecule has 0 radical (unpaired) electrons. The van der Waals surface area contributed by atoms with Crippen molar-refractivity contribution in [3.8, 4) is 0 Å². The summed E-state index contributed by atoms with van der Waals surface area (Å²) in [6, 6.07) is 0. The van der Waals surface area contributed by atoms with E-state index in [2.05, 4.69) is 26.9 Å². The van der Waals surface area contributed by atoms with Crippen molar-refractivity contribution < 1.29 is 0 Å². The summed E-state index contributed by atoms with van der Waals surface area (Å²) in [4.78, 5) is 0. The van der Waals surface area contributed by atoms with Gasteiger partial charge in [0.25, 0.3) is 0 Å². The second-order valence-corrected chi connectivity index (χ2v) is 9.86. The Morgan fingerprint density at radius 3 is 1.78 bits per heavy atom. The van der Waals surface area contributed by atoms with Crippen LogP contribution in [0.25, 0.3) is 0 Å². The molecule has 0 aromatic carbocycles. The van der Waals surface area contributed by atoms with Gasteiger partial charge in [-0.15, -0.1) is 0 Å². The van der Waals surface area contributed by atoms with Gasteiger partial charge in [-0.25, -0.2) is 0 Å². The number of hydrogen-bond donors (Lipinski definition) is 0. The largest absolute Gasteiger partial charge is 0.0690 e. The van der Waals surface area contributed by atoms with E-state index in [1.807, 2.05) is 0 Å². The monoisotopic (exact) mass is 142 g/mol. The lowest BCUT2D eigenvalue weighted by atomic mass is 10.6. The molecule has 0 amide bonds. The van der Waals surface area contributed by atoms with Crippen molar-refractivity contribution >= 4 is 8.07 Å². The molecule has 1 aliphatic rings. The highest BCUT2D eigenvalue weighted by Gasteiger charge is 2.41. The third-order valence-electron chi connectivity index (χ3n) is 3.12. The van der Waals surface area contributed by atoms with Gasteiger partial charge in [-0.3, -0.25) is 0 Å².